The van der Waals surface area contributed by atoms with Crippen molar-refractivity contribution in [2.45, 2.75) is 39.0 Å². The van der Waals surface area contributed by atoms with E-state index in [1.165, 1.54) is 5.57 Å². The Morgan fingerprint density at radius 3 is 2.82 bits per heavy atom. The second kappa shape index (κ2) is 10.2. The van der Waals surface area contributed by atoms with Crippen LogP contribution in [-0.2, 0) is 16.0 Å². The molecule has 2 saturated heterocycles. The number of furan rings is 1. The highest BCUT2D eigenvalue weighted by Crippen LogP contribution is 2.16. The molecule has 3 heterocycles. The van der Waals surface area contributed by atoms with Gasteiger partial charge >= 0.3 is 0 Å². The van der Waals surface area contributed by atoms with Crippen LogP contribution in [0.3, 0.4) is 0 Å². The minimum atomic E-state index is -0.212. The van der Waals surface area contributed by atoms with E-state index in [0.29, 0.717) is 25.6 Å². The monoisotopic (exact) mass is 391 g/mol. The molecule has 0 unspecified atom stereocenters. The normalized spacial score (nSPS) is 24.1. The minimum Gasteiger partial charge on any atom is -0.455 e. The number of carbonyl (C=O) groups excluding carboxylic acids is 1. The number of hydrogen-bond donors (Lipinski definition) is 1. The van der Waals surface area contributed by atoms with Crippen LogP contribution >= 0.6 is 0 Å². The molecule has 1 aromatic heterocycles. The molecule has 1 N–H and O–H groups in total. The quantitative estimate of drug-likeness (QED) is 0.716. The van der Waals surface area contributed by atoms with E-state index in [-0.39, 0.29) is 18.1 Å². The molecule has 7 heteroatoms. The van der Waals surface area contributed by atoms with Crippen molar-refractivity contribution in [2.24, 2.45) is 0 Å². The zero-order valence-electron chi connectivity index (χ0n) is 17.3. The zero-order valence-corrected chi connectivity index (χ0v) is 17.3. The molecule has 3 rings (SSSR count). The summed E-state index contributed by atoms with van der Waals surface area (Å²) in [6.07, 6.45) is 2.77. The fraction of sp³-hybridized carbons (Fsp3) is 0.667. The number of hydrogen-bond acceptors (Lipinski definition) is 6. The molecule has 28 heavy (non-hydrogen) atoms. The Labute approximate surface area is 167 Å². The molecule has 0 aromatic carbocycles. The molecule has 0 bridgehead atoms. The van der Waals surface area contributed by atoms with Gasteiger partial charge in [-0.15, -0.1) is 0 Å². The van der Waals surface area contributed by atoms with Crippen LogP contribution in [0.1, 0.15) is 36.6 Å². The van der Waals surface area contributed by atoms with Crippen LogP contribution in [0.5, 0.6) is 0 Å². The first-order chi connectivity index (χ1) is 13.5. The average Bonchev–Trinajstić information content (AvgIpc) is 3.13. The van der Waals surface area contributed by atoms with Gasteiger partial charge in [0.1, 0.15) is 5.76 Å². The summed E-state index contributed by atoms with van der Waals surface area (Å²) in [5, 5.41) is 3.02. The number of piperazine rings is 1. The van der Waals surface area contributed by atoms with Gasteiger partial charge in [0, 0.05) is 32.8 Å². The van der Waals surface area contributed by atoms with Gasteiger partial charge < -0.3 is 24.1 Å². The van der Waals surface area contributed by atoms with E-state index < -0.39 is 0 Å². The van der Waals surface area contributed by atoms with E-state index in [2.05, 4.69) is 22.2 Å². The SMILES string of the molecule is CC(C)=CCO[C@H]1CCOC[C@H]1NC(=O)c1ccc(CN2CCN(C)CC2)o1. The smallest absolute Gasteiger partial charge is 0.287 e. The first kappa shape index (κ1) is 21.0. The summed E-state index contributed by atoms with van der Waals surface area (Å²) in [4.78, 5) is 17.3. The molecule has 1 aromatic rings. The van der Waals surface area contributed by atoms with Crippen LogP contribution in [0.4, 0.5) is 0 Å². The molecule has 0 saturated carbocycles. The summed E-state index contributed by atoms with van der Waals surface area (Å²) in [5.74, 6) is 0.958. The molecule has 156 valence electrons. The van der Waals surface area contributed by atoms with Crippen molar-refractivity contribution in [1.82, 2.24) is 15.1 Å². The van der Waals surface area contributed by atoms with Gasteiger partial charge in [0.05, 0.1) is 31.9 Å². The molecule has 0 aliphatic carbocycles. The number of nitrogens with zero attached hydrogens (tertiary/aromatic N) is 2. The maximum absolute atomic E-state index is 12.6. The first-order valence-electron chi connectivity index (χ1n) is 10.1. The number of allylic oxidation sites excluding steroid dienone is 1. The number of likely N-dealkylation sites (N-methyl/N-ethyl adjacent to an activating group) is 1. The van der Waals surface area contributed by atoms with Gasteiger partial charge in [0.2, 0.25) is 0 Å². The summed E-state index contributed by atoms with van der Waals surface area (Å²) in [6, 6.07) is 3.48. The third kappa shape index (κ3) is 6.17. The van der Waals surface area contributed by atoms with Crippen molar-refractivity contribution in [3.05, 3.63) is 35.3 Å². The van der Waals surface area contributed by atoms with Crippen molar-refractivity contribution in [3.63, 3.8) is 0 Å². The Kier molecular flexibility index (Phi) is 7.67. The van der Waals surface area contributed by atoms with Crippen molar-refractivity contribution >= 4 is 5.91 Å². The molecule has 2 fully saturated rings. The third-order valence-corrected chi connectivity index (χ3v) is 5.27. The van der Waals surface area contributed by atoms with Crippen molar-refractivity contribution < 1.29 is 18.7 Å². The van der Waals surface area contributed by atoms with Crippen LogP contribution in [0, 0.1) is 0 Å². The Morgan fingerprint density at radius 1 is 1.29 bits per heavy atom. The van der Waals surface area contributed by atoms with Crippen LogP contribution in [-0.4, -0.2) is 80.9 Å². The topological polar surface area (TPSA) is 67.2 Å². The summed E-state index contributed by atoms with van der Waals surface area (Å²) in [6.45, 7) is 10.6. The lowest BCUT2D eigenvalue weighted by Gasteiger charge is -2.32. The fourth-order valence-electron chi connectivity index (χ4n) is 3.44. The molecule has 0 spiro atoms. The van der Waals surface area contributed by atoms with E-state index in [1.807, 2.05) is 26.0 Å². The summed E-state index contributed by atoms with van der Waals surface area (Å²) < 4.78 is 17.3. The molecule has 2 aliphatic rings. The number of nitrogens with one attached hydrogen (secondary N) is 1. The van der Waals surface area contributed by atoms with Gasteiger partial charge in [-0.25, -0.2) is 0 Å². The van der Waals surface area contributed by atoms with Crippen molar-refractivity contribution in [1.29, 1.82) is 0 Å². The second-order valence-corrected chi connectivity index (χ2v) is 7.94. The highest BCUT2D eigenvalue weighted by molar-refractivity contribution is 5.91. The van der Waals surface area contributed by atoms with Crippen LogP contribution in [0.2, 0.25) is 0 Å². The van der Waals surface area contributed by atoms with E-state index in [0.717, 1.165) is 44.9 Å². The van der Waals surface area contributed by atoms with Crippen LogP contribution in [0.15, 0.2) is 28.2 Å². The highest BCUT2D eigenvalue weighted by Gasteiger charge is 2.29. The second-order valence-electron chi connectivity index (χ2n) is 7.94. The highest BCUT2D eigenvalue weighted by atomic mass is 16.5. The number of amides is 1. The van der Waals surface area contributed by atoms with Gasteiger partial charge in [-0.3, -0.25) is 9.69 Å². The molecule has 7 nitrogen and oxygen atoms in total. The largest absolute Gasteiger partial charge is 0.455 e. The first-order valence-corrected chi connectivity index (χ1v) is 10.1. The summed E-state index contributed by atoms with van der Waals surface area (Å²) in [7, 11) is 2.14. The van der Waals surface area contributed by atoms with Crippen molar-refractivity contribution in [2.75, 3.05) is 53.0 Å². The van der Waals surface area contributed by atoms with E-state index in [4.69, 9.17) is 13.9 Å². The van der Waals surface area contributed by atoms with Gasteiger partial charge in [0.25, 0.3) is 5.91 Å². The maximum atomic E-state index is 12.6. The van der Waals surface area contributed by atoms with Gasteiger partial charge in [-0.1, -0.05) is 11.6 Å². The van der Waals surface area contributed by atoms with Crippen LogP contribution < -0.4 is 5.32 Å². The summed E-state index contributed by atoms with van der Waals surface area (Å²) >= 11 is 0. The molecule has 2 atom stereocenters. The Hall–Kier alpha value is -1.67. The zero-order chi connectivity index (χ0) is 19.9. The molecular weight excluding hydrogens is 358 g/mol. The molecule has 2 aliphatic heterocycles. The summed E-state index contributed by atoms with van der Waals surface area (Å²) in [5.41, 5.74) is 1.22. The average molecular weight is 392 g/mol. The number of ether oxygens (including phenoxy) is 2. The number of carbonyl (C=O) groups is 1. The standard InChI is InChI=1S/C21H33N3O4/c1-16(2)6-13-27-19-7-12-26-15-18(19)22-21(25)20-5-4-17(28-20)14-24-10-8-23(3)9-11-24/h4-6,18-19H,7-15H2,1-3H3,(H,22,25)/t18-,19+/m1/s1. The molecular formula is C21H33N3O4. The lowest BCUT2D eigenvalue weighted by molar-refractivity contribution is -0.0459. The minimum absolute atomic E-state index is 0.0481. The van der Waals surface area contributed by atoms with Crippen LogP contribution in [0.25, 0.3) is 0 Å². The van der Waals surface area contributed by atoms with Gasteiger partial charge in [0.15, 0.2) is 5.76 Å². The Morgan fingerprint density at radius 2 is 2.07 bits per heavy atom. The van der Waals surface area contributed by atoms with E-state index in [9.17, 15) is 4.79 Å². The number of rotatable bonds is 7. The third-order valence-electron chi connectivity index (χ3n) is 5.27. The lowest BCUT2D eigenvalue weighted by Crippen LogP contribution is -2.50. The fourth-order valence-corrected chi connectivity index (χ4v) is 3.44. The van der Waals surface area contributed by atoms with Gasteiger partial charge in [-0.2, -0.15) is 0 Å². The molecule has 0 radical (unpaired) electrons. The van der Waals surface area contributed by atoms with Crippen molar-refractivity contribution in [3.8, 4) is 0 Å². The van der Waals surface area contributed by atoms with E-state index in [1.54, 1.807) is 6.07 Å². The van der Waals surface area contributed by atoms with Gasteiger partial charge in [-0.05, 0) is 39.4 Å². The lowest BCUT2D eigenvalue weighted by atomic mass is 10.1. The Bertz CT molecular complexity index is 660. The predicted octanol–water partition coefficient (Wildman–Crippen LogP) is 1.90. The Balaban J connectivity index is 1.51. The molecule has 1 amide bonds. The predicted molar refractivity (Wildman–Crippen MR) is 107 cm³/mol. The van der Waals surface area contributed by atoms with E-state index >= 15 is 0 Å². The maximum Gasteiger partial charge on any atom is 0.287 e.